The highest BCUT2D eigenvalue weighted by molar-refractivity contribution is 7.07. The molecule has 2 fully saturated rings. The molecule has 2 N–H and O–H groups in total. The van der Waals surface area contributed by atoms with Gasteiger partial charge in [-0.1, -0.05) is 0 Å². The van der Waals surface area contributed by atoms with Gasteiger partial charge >= 0.3 is 0 Å². The van der Waals surface area contributed by atoms with Crippen LogP contribution in [0.3, 0.4) is 0 Å². The van der Waals surface area contributed by atoms with Gasteiger partial charge in [0.2, 0.25) is 0 Å². The maximum absolute atomic E-state index is 12.9. The highest BCUT2D eigenvalue weighted by Crippen LogP contribution is 2.56. The van der Waals surface area contributed by atoms with Crippen molar-refractivity contribution in [2.24, 2.45) is 5.41 Å². The lowest BCUT2D eigenvalue weighted by atomic mass is 9.93. The van der Waals surface area contributed by atoms with Crippen molar-refractivity contribution in [3.05, 3.63) is 46.4 Å². The summed E-state index contributed by atoms with van der Waals surface area (Å²) in [5, 5.41) is 7.66. The van der Waals surface area contributed by atoms with Gasteiger partial charge in [-0.05, 0) is 72.3 Å². The predicted molar refractivity (Wildman–Crippen MR) is 87.9 cm³/mol. The van der Waals surface area contributed by atoms with Crippen LogP contribution in [0.2, 0.25) is 0 Å². The SMILES string of the molecule is O=C(c1ccc[nH]1)N(Cc1ccsc1)C1CC12CCNCC2. The van der Waals surface area contributed by atoms with Crippen molar-refractivity contribution in [3.63, 3.8) is 0 Å². The molecule has 3 heterocycles. The number of rotatable bonds is 4. The van der Waals surface area contributed by atoms with Crippen LogP contribution in [0, 0.1) is 5.41 Å². The number of nitrogens with zero attached hydrogens (tertiary/aromatic N) is 1. The Morgan fingerprint density at radius 2 is 2.23 bits per heavy atom. The van der Waals surface area contributed by atoms with Crippen LogP contribution in [0.4, 0.5) is 0 Å². The standard InChI is InChI=1S/C17H21N3OS/c21-16(14-2-1-6-19-14)20(11-13-3-9-22-12-13)15-10-17(15)4-7-18-8-5-17/h1-3,6,9,12,15,18-19H,4-5,7-8,10-11H2. The van der Waals surface area contributed by atoms with Crippen molar-refractivity contribution in [3.8, 4) is 0 Å². The van der Waals surface area contributed by atoms with Crippen LogP contribution in [0.5, 0.6) is 0 Å². The van der Waals surface area contributed by atoms with Crippen LogP contribution in [0.15, 0.2) is 35.2 Å². The van der Waals surface area contributed by atoms with Gasteiger partial charge in [-0.3, -0.25) is 4.79 Å². The zero-order valence-corrected chi connectivity index (χ0v) is 13.4. The Morgan fingerprint density at radius 3 is 2.91 bits per heavy atom. The van der Waals surface area contributed by atoms with Crippen molar-refractivity contribution in [1.82, 2.24) is 15.2 Å². The smallest absolute Gasteiger partial charge is 0.270 e. The third-order valence-electron chi connectivity index (χ3n) is 5.14. The van der Waals surface area contributed by atoms with Crippen molar-refractivity contribution in [2.45, 2.75) is 31.8 Å². The third kappa shape index (κ3) is 2.48. The maximum atomic E-state index is 12.9. The lowest BCUT2D eigenvalue weighted by molar-refractivity contribution is 0.0687. The van der Waals surface area contributed by atoms with Gasteiger partial charge in [-0.15, -0.1) is 0 Å². The molecule has 0 bridgehead atoms. The highest BCUT2D eigenvalue weighted by Gasteiger charge is 2.57. The normalized spacial score (nSPS) is 22.6. The average molecular weight is 315 g/mol. The minimum Gasteiger partial charge on any atom is -0.357 e. The summed E-state index contributed by atoms with van der Waals surface area (Å²) >= 11 is 1.69. The summed E-state index contributed by atoms with van der Waals surface area (Å²) in [5.41, 5.74) is 2.30. The number of hydrogen-bond acceptors (Lipinski definition) is 3. The Hall–Kier alpha value is -1.59. The minimum absolute atomic E-state index is 0.136. The predicted octanol–water partition coefficient (Wildman–Crippen LogP) is 2.86. The van der Waals surface area contributed by atoms with E-state index < -0.39 is 0 Å². The number of aromatic amines is 1. The molecule has 1 aliphatic carbocycles. The first kappa shape index (κ1) is 14.0. The highest BCUT2D eigenvalue weighted by atomic mass is 32.1. The number of carbonyl (C=O) groups is 1. The zero-order chi connectivity index (χ0) is 15.0. The molecule has 1 saturated heterocycles. The molecule has 1 unspecified atom stereocenters. The van der Waals surface area contributed by atoms with Crippen molar-refractivity contribution < 1.29 is 4.79 Å². The zero-order valence-electron chi connectivity index (χ0n) is 12.5. The van der Waals surface area contributed by atoms with Crippen LogP contribution < -0.4 is 5.32 Å². The van der Waals surface area contributed by atoms with Crippen LogP contribution in [0.25, 0.3) is 0 Å². The second kappa shape index (κ2) is 5.56. The fraction of sp³-hybridized carbons (Fsp3) is 0.471. The Bertz CT molecular complexity index is 629. The molecule has 0 aromatic carbocycles. The first-order valence-corrected chi connectivity index (χ1v) is 8.89. The molecule has 2 aromatic heterocycles. The quantitative estimate of drug-likeness (QED) is 0.911. The van der Waals surface area contributed by atoms with E-state index in [4.69, 9.17) is 0 Å². The second-order valence-corrected chi connectivity index (χ2v) is 7.26. The monoisotopic (exact) mass is 315 g/mol. The molecule has 2 aromatic rings. The van der Waals surface area contributed by atoms with E-state index in [1.54, 1.807) is 11.3 Å². The van der Waals surface area contributed by atoms with Gasteiger partial charge < -0.3 is 15.2 Å². The van der Waals surface area contributed by atoms with E-state index in [9.17, 15) is 4.79 Å². The molecular formula is C17H21N3OS. The summed E-state index contributed by atoms with van der Waals surface area (Å²) in [6, 6.07) is 6.28. The average Bonchev–Trinajstić information content (AvgIpc) is 3.02. The molecule has 1 spiro atoms. The number of piperidine rings is 1. The summed E-state index contributed by atoms with van der Waals surface area (Å²) in [5.74, 6) is 0.136. The number of thiophene rings is 1. The fourth-order valence-corrected chi connectivity index (χ4v) is 4.41. The molecule has 4 nitrogen and oxygen atoms in total. The number of H-pyrrole nitrogens is 1. The number of carbonyl (C=O) groups excluding carboxylic acids is 1. The molecule has 0 radical (unpaired) electrons. The second-order valence-electron chi connectivity index (χ2n) is 6.48. The fourth-order valence-electron chi connectivity index (χ4n) is 3.75. The molecule has 2 aliphatic rings. The van der Waals surface area contributed by atoms with Crippen LogP contribution in [-0.2, 0) is 6.54 Å². The molecular weight excluding hydrogens is 294 g/mol. The molecule has 22 heavy (non-hydrogen) atoms. The molecule has 4 rings (SSSR count). The maximum Gasteiger partial charge on any atom is 0.270 e. The summed E-state index contributed by atoms with van der Waals surface area (Å²) < 4.78 is 0. The molecule has 5 heteroatoms. The lowest BCUT2D eigenvalue weighted by Gasteiger charge is -2.29. The number of amides is 1. The van der Waals surface area contributed by atoms with E-state index in [0.29, 0.717) is 17.2 Å². The van der Waals surface area contributed by atoms with Crippen molar-refractivity contribution in [2.75, 3.05) is 13.1 Å². The first-order valence-electron chi connectivity index (χ1n) is 7.95. The number of aromatic nitrogens is 1. The van der Waals surface area contributed by atoms with Gasteiger partial charge in [-0.2, -0.15) is 11.3 Å². The van der Waals surface area contributed by atoms with Crippen LogP contribution in [0.1, 0.15) is 35.3 Å². The molecule has 1 amide bonds. The third-order valence-corrected chi connectivity index (χ3v) is 5.88. The number of nitrogens with one attached hydrogen (secondary N) is 2. The number of hydrogen-bond donors (Lipinski definition) is 2. The summed E-state index contributed by atoms with van der Waals surface area (Å²) in [4.78, 5) is 18.1. The molecule has 116 valence electrons. The van der Waals surface area contributed by atoms with Gasteiger partial charge in [0.25, 0.3) is 5.91 Å². The van der Waals surface area contributed by atoms with E-state index in [-0.39, 0.29) is 5.91 Å². The van der Waals surface area contributed by atoms with Crippen LogP contribution in [-0.4, -0.2) is 34.9 Å². The van der Waals surface area contributed by atoms with E-state index in [1.165, 1.54) is 18.4 Å². The van der Waals surface area contributed by atoms with Gasteiger partial charge in [0.05, 0.1) is 0 Å². The Balaban J connectivity index is 1.57. The largest absolute Gasteiger partial charge is 0.357 e. The van der Waals surface area contributed by atoms with E-state index in [1.807, 2.05) is 18.3 Å². The lowest BCUT2D eigenvalue weighted by Crippen LogP contribution is -2.39. The van der Waals surface area contributed by atoms with Crippen molar-refractivity contribution in [1.29, 1.82) is 0 Å². The summed E-state index contributed by atoms with van der Waals surface area (Å²) in [7, 11) is 0. The van der Waals surface area contributed by atoms with E-state index >= 15 is 0 Å². The van der Waals surface area contributed by atoms with Gasteiger partial charge in [0.15, 0.2) is 0 Å². The molecule has 1 aliphatic heterocycles. The van der Waals surface area contributed by atoms with Crippen LogP contribution >= 0.6 is 11.3 Å². The van der Waals surface area contributed by atoms with Gasteiger partial charge in [-0.25, -0.2) is 0 Å². The summed E-state index contributed by atoms with van der Waals surface area (Å²) in [6.45, 7) is 2.89. The van der Waals surface area contributed by atoms with E-state index in [0.717, 1.165) is 26.1 Å². The van der Waals surface area contributed by atoms with Gasteiger partial charge in [0.1, 0.15) is 5.69 Å². The Kier molecular flexibility index (Phi) is 3.54. The Morgan fingerprint density at radius 1 is 1.36 bits per heavy atom. The minimum atomic E-state index is 0.136. The summed E-state index contributed by atoms with van der Waals surface area (Å²) in [6.07, 6.45) is 5.36. The Labute approximate surface area is 134 Å². The molecule has 1 saturated carbocycles. The first-order chi connectivity index (χ1) is 10.8. The van der Waals surface area contributed by atoms with Gasteiger partial charge in [0, 0.05) is 18.8 Å². The van der Waals surface area contributed by atoms with Crippen molar-refractivity contribution >= 4 is 17.2 Å². The van der Waals surface area contributed by atoms with E-state index in [2.05, 4.69) is 32.0 Å². The topological polar surface area (TPSA) is 48.1 Å². The molecule has 1 atom stereocenters.